The summed E-state index contributed by atoms with van der Waals surface area (Å²) in [6.45, 7) is 0. The Labute approximate surface area is 111 Å². The molecule has 0 radical (unpaired) electrons. The summed E-state index contributed by atoms with van der Waals surface area (Å²) in [4.78, 5) is 0. The lowest BCUT2D eigenvalue weighted by Crippen LogP contribution is -1.86. The Kier molecular flexibility index (Phi) is 3.07. The van der Waals surface area contributed by atoms with Gasteiger partial charge in [0.15, 0.2) is 5.58 Å². The SMILES string of the molecule is SCCc1noc2ccc(-c3ccccc3)cc12. The minimum Gasteiger partial charge on any atom is -0.356 e. The fourth-order valence-electron chi connectivity index (χ4n) is 2.08. The molecule has 0 aliphatic carbocycles. The zero-order valence-electron chi connectivity index (χ0n) is 9.84. The van der Waals surface area contributed by atoms with E-state index >= 15 is 0 Å². The highest BCUT2D eigenvalue weighted by Gasteiger charge is 2.08. The molecule has 1 heterocycles. The van der Waals surface area contributed by atoms with Gasteiger partial charge in [-0.25, -0.2) is 0 Å². The Morgan fingerprint density at radius 2 is 1.83 bits per heavy atom. The van der Waals surface area contributed by atoms with Crippen LogP contribution >= 0.6 is 12.6 Å². The van der Waals surface area contributed by atoms with Gasteiger partial charge in [0.2, 0.25) is 0 Å². The maximum atomic E-state index is 5.31. The molecular formula is C15H13NOS. The summed E-state index contributed by atoms with van der Waals surface area (Å²) >= 11 is 4.25. The first-order chi connectivity index (χ1) is 8.88. The number of benzene rings is 2. The van der Waals surface area contributed by atoms with Crippen LogP contribution in [-0.2, 0) is 6.42 Å². The van der Waals surface area contributed by atoms with Crippen molar-refractivity contribution in [2.24, 2.45) is 0 Å². The number of thiol groups is 1. The van der Waals surface area contributed by atoms with Crippen molar-refractivity contribution in [1.82, 2.24) is 5.16 Å². The van der Waals surface area contributed by atoms with Crippen molar-refractivity contribution in [1.29, 1.82) is 0 Å². The quantitative estimate of drug-likeness (QED) is 0.717. The lowest BCUT2D eigenvalue weighted by atomic mass is 10.0. The largest absolute Gasteiger partial charge is 0.356 e. The maximum Gasteiger partial charge on any atom is 0.167 e. The molecule has 0 aliphatic rings. The van der Waals surface area contributed by atoms with Crippen molar-refractivity contribution in [2.75, 3.05) is 5.75 Å². The van der Waals surface area contributed by atoms with E-state index in [-0.39, 0.29) is 0 Å². The molecule has 0 unspecified atom stereocenters. The van der Waals surface area contributed by atoms with Gasteiger partial charge >= 0.3 is 0 Å². The lowest BCUT2D eigenvalue weighted by Gasteiger charge is -2.01. The van der Waals surface area contributed by atoms with E-state index in [4.69, 9.17) is 4.52 Å². The van der Waals surface area contributed by atoms with E-state index in [9.17, 15) is 0 Å². The van der Waals surface area contributed by atoms with Gasteiger partial charge in [0.05, 0.1) is 5.69 Å². The zero-order chi connectivity index (χ0) is 12.4. The number of hydrogen-bond acceptors (Lipinski definition) is 3. The second kappa shape index (κ2) is 4.86. The molecule has 0 saturated heterocycles. The minimum atomic E-state index is 0.775. The molecule has 3 aromatic rings. The van der Waals surface area contributed by atoms with Crippen molar-refractivity contribution in [3.8, 4) is 11.1 Å². The molecule has 0 N–H and O–H groups in total. The van der Waals surface area contributed by atoms with Crippen molar-refractivity contribution >= 4 is 23.6 Å². The first-order valence-electron chi connectivity index (χ1n) is 5.93. The summed E-state index contributed by atoms with van der Waals surface area (Å²) in [6, 6.07) is 16.5. The molecule has 0 amide bonds. The normalized spacial score (nSPS) is 10.9. The molecule has 3 rings (SSSR count). The molecule has 0 spiro atoms. The van der Waals surface area contributed by atoms with E-state index in [0.717, 1.165) is 28.8 Å². The Bertz CT molecular complexity index is 661. The Morgan fingerprint density at radius 3 is 2.61 bits per heavy atom. The smallest absolute Gasteiger partial charge is 0.167 e. The molecule has 2 aromatic carbocycles. The van der Waals surface area contributed by atoms with E-state index in [1.807, 2.05) is 24.3 Å². The van der Waals surface area contributed by atoms with E-state index < -0.39 is 0 Å². The summed E-state index contributed by atoms with van der Waals surface area (Å²) in [7, 11) is 0. The van der Waals surface area contributed by atoms with Crippen LogP contribution in [0.2, 0.25) is 0 Å². The van der Waals surface area contributed by atoms with Crippen LogP contribution in [0.4, 0.5) is 0 Å². The number of rotatable bonds is 3. The monoisotopic (exact) mass is 255 g/mol. The van der Waals surface area contributed by atoms with E-state index in [1.165, 1.54) is 11.1 Å². The van der Waals surface area contributed by atoms with Crippen LogP contribution in [0.25, 0.3) is 22.1 Å². The van der Waals surface area contributed by atoms with Crippen LogP contribution in [0.5, 0.6) is 0 Å². The summed E-state index contributed by atoms with van der Waals surface area (Å²) in [5.74, 6) is 0.775. The standard InChI is InChI=1S/C15H13NOS/c18-9-8-14-13-10-12(6-7-15(13)17-16-14)11-4-2-1-3-5-11/h1-7,10,18H,8-9H2. The molecule has 90 valence electrons. The van der Waals surface area contributed by atoms with Gasteiger partial charge in [0.25, 0.3) is 0 Å². The predicted octanol–water partition coefficient (Wildman–Crippen LogP) is 3.97. The third-order valence-corrected chi connectivity index (χ3v) is 3.22. The van der Waals surface area contributed by atoms with Crippen LogP contribution in [-0.4, -0.2) is 10.9 Å². The Hall–Kier alpha value is -1.74. The van der Waals surface area contributed by atoms with Crippen LogP contribution in [0.3, 0.4) is 0 Å². The highest BCUT2D eigenvalue weighted by atomic mass is 32.1. The fraction of sp³-hybridized carbons (Fsp3) is 0.133. The van der Waals surface area contributed by atoms with Crippen molar-refractivity contribution < 1.29 is 4.52 Å². The number of fused-ring (bicyclic) bond motifs is 1. The average molecular weight is 255 g/mol. The molecular weight excluding hydrogens is 242 g/mol. The molecule has 1 aromatic heterocycles. The molecule has 18 heavy (non-hydrogen) atoms. The third kappa shape index (κ3) is 2.02. The molecule has 0 aliphatic heterocycles. The average Bonchev–Trinajstić information content (AvgIpc) is 2.83. The number of aryl methyl sites for hydroxylation is 1. The van der Waals surface area contributed by atoms with Gasteiger partial charge in [0, 0.05) is 11.8 Å². The van der Waals surface area contributed by atoms with Gasteiger partial charge < -0.3 is 4.52 Å². The van der Waals surface area contributed by atoms with Crippen LogP contribution in [0.1, 0.15) is 5.69 Å². The van der Waals surface area contributed by atoms with Crippen molar-refractivity contribution in [3.05, 3.63) is 54.2 Å². The zero-order valence-corrected chi connectivity index (χ0v) is 10.7. The van der Waals surface area contributed by atoms with Crippen LogP contribution < -0.4 is 0 Å². The maximum absolute atomic E-state index is 5.31. The molecule has 0 bridgehead atoms. The van der Waals surface area contributed by atoms with Gasteiger partial charge in [-0.05, 0) is 29.0 Å². The molecule has 0 atom stereocenters. The highest BCUT2D eigenvalue weighted by Crippen LogP contribution is 2.26. The molecule has 3 heteroatoms. The Morgan fingerprint density at radius 1 is 1.00 bits per heavy atom. The van der Waals surface area contributed by atoms with Crippen molar-refractivity contribution in [3.63, 3.8) is 0 Å². The highest BCUT2D eigenvalue weighted by molar-refractivity contribution is 7.80. The summed E-state index contributed by atoms with van der Waals surface area (Å²) in [5, 5.41) is 5.18. The number of hydrogen-bond donors (Lipinski definition) is 1. The second-order valence-corrected chi connectivity index (χ2v) is 4.63. The van der Waals surface area contributed by atoms with Crippen LogP contribution in [0, 0.1) is 0 Å². The van der Waals surface area contributed by atoms with Gasteiger partial charge in [-0.3, -0.25) is 0 Å². The minimum absolute atomic E-state index is 0.775. The van der Waals surface area contributed by atoms with E-state index in [2.05, 4.69) is 42.1 Å². The first-order valence-corrected chi connectivity index (χ1v) is 6.56. The van der Waals surface area contributed by atoms with Gasteiger partial charge in [-0.2, -0.15) is 12.6 Å². The number of nitrogens with zero attached hydrogens (tertiary/aromatic N) is 1. The van der Waals surface area contributed by atoms with Gasteiger partial charge in [0.1, 0.15) is 0 Å². The predicted molar refractivity (Wildman–Crippen MR) is 77.0 cm³/mol. The summed E-state index contributed by atoms with van der Waals surface area (Å²) in [5.41, 5.74) is 4.22. The fourth-order valence-corrected chi connectivity index (χ4v) is 2.30. The molecule has 0 saturated carbocycles. The van der Waals surface area contributed by atoms with E-state index in [1.54, 1.807) is 0 Å². The summed E-state index contributed by atoms with van der Waals surface area (Å²) in [6.07, 6.45) is 0.828. The van der Waals surface area contributed by atoms with Crippen molar-refractivity contribution in [2.45, 2.75) is 6.42 Å². The van der Waals surface area contributed by atoms with Gasteiger partial charge in [-0.15, -0.1) is 0 Å². The van der Waals surface area contributed by atoms with Crippen LogP contribution in [0.15, 0.2) is 53.1 Å². The first kappa shape index (κ1) is 11.4. The lowest BCUT2D eigenvalue weighted by molar-refractivity contribution is 0.447. The molecule has 0 fully saturated rings. The second-order valence-electron chi connectivity index (χ2n) is 4.18. The number of aromatic nitrogens is 1. The Balaban J connectivity index is 2.12. The third-order valence-electron chi connectivity index (χ3n) is 3.00. The topological polar surface area (TPSA) is 26.0 Å². The summed E-state index contributed by atoms with van der Waals surface area (Å²) < 4.78 is 5.31. The molecule has 2 nitrogen and oxygen atoms in total. The van der Waals surface area contributed by atoms with E-state index in [0.29, 0.717) is 0 Å². The van der Waals surface area contributed by atoms with Gasteiger partial charge in [-0.1, -0.05) is 41.6 Å².